The van der Waals surface area contributed by atoms with Gasteiger partial charge in [0.2, 0.25) is 5.91 Å². The number of ether oxygens (including phenoxy) is 1. The number of nitrogens with zero attached hydrogens (tertiary/aromatic N) is 5. The third-order valence-corrected chi connectivity index (χ3v) is 5.99. The molecule has 0 bridgehead atoms. The Morgan fingerprint density at radius 2 is 2.09 bits per heavy atom. The highest BCUT2D eigenvalue weighted by Gasteiger charge is 2.24. The van der Waals surface area contributed by atoms with Gasteiger partial charge in [-0.25, -0.2) is 4.98 Å². The highest BCUT2D eigenvalue weighted by molar-refractivity contribution is 7.99. The molecule has 8 nitrogen and oxygen atoms in total. The Morgan fingerprint density at radius 1 is 1.25 bits per heavy atom. The van der Waals surface area contributed by atoms with Gasteiger partial charge in [-0.2, -0.15) is 0 Å². The SMILES string of the molecule is COc1ccccc1C(NC(=O)CSc1nncn1-c1cccc(Cl)c1)c1nccn1C. The van der Waals surface area contributed by atoms with Gasteiger partial charge in [0.05, 0.1) is 18.6 Å². The van der Waals surface area contributed by atoms with E-state index in [1.807, 2.05) is 60.3 Å². The zero-order chi connectivity index (χ0) is 22.5. The minimum Gasteiger partial charge on any atom is -0.496 e. The van der Waals surface area contributed by atoms with Crippen LogP contribution in [0.25, 0.3) is 5.69 Å². The number of carbonyl (C=O) groups excluding carboxylic acids is 1. The lowest BCUT2D eigenvalue weighted by Crippen LogP contribution is -2.32. The maximum atomic E-state index is 12.9. The van der Waals surface area contributed by atoms with Gasteiger partial charge in [0.1, 0.15) is 23.9 Å². The number of halogens is 1. The van der Waals surface area contributed by atoms with E-state index in [4.69, 9.17) is 16.3 Å². The lowest BCUT2D eigenvalue weighted by molar-refractivity contribution is -0.119. The predicted molar refractivity (Wildman–Crippen MR) is 123 cm³/mol. The van der Waals surface area contributed by atoms with Crippen LogP contribution in [0, 0.1) is 0 Å². The standard InChI is InChI=1S/C22H21ClN6O2S/c1-28-11-10-24-21(28)20(17-8-3-4-9-18(17)31-2)26-19(30)13-32-22-27-25-14-29(22)16-7-5-6-15(23)12-16/h3-12,14,20H,13H2,1-2H3,(H,26,30). The van der Waals surface area contributed by atoms with Gasteiger partial charge in [0, 0.05) is 30.0 Å². The van der Waals surface area contributed by atoms with Gasteiger partial charge in [0.15, 0.2) is 5.16 Å². The van der Waals surface area contributed by atoms with Crippen LogP contribution in [0.5, 0.6) is 5.75 Å². The van der Waals surface area contributed by atoms with Crippen molar-refractivity contribution in [2.45, 2.75) is 11.2 Å². The Labute approximate surface area is 194 Å². The summed E-state index contributed by atoms with van der Waals surface area (Å²) in [6, 6.07) is 14.5. The second-order valence-corrected chi connectivity index (χ2v) is 8.27. The van der Waals surface area contributed by atoms with Crippen LogP contribution in [-0.2, 0) is 11.8 Å². The van der Waals surface area contributed by atoms with Crippen molar-refractivity contribution in [3.8, 4) is 11.4 Å². The number of methoxy groups -OCH3 is 1. The normalized spacial score (nSPS) is 11.8. The molecule has 4 rings (SSSR count). The zero-order valence-corrected chi connectivity index (χ0v) is 19.0. The maximum Gasteiger partial charge on any atom is 0.231 e. The summed E-state index contributed by atoms with van der Waals surface area (Å²) in [6.07, 6.45) is 5.13. The van der Waals surface area contributed by atoms with E-state index in [2.05, 4.69) is 20.5 Å². The highest BCUT2D eigenvalue weighted by atomic mass is 35.5. The van der Waals surface area contributed by atoms with E-state index in [0.717, 1.165) is 11.3 Å². The van der Waals surface area contributed by atoms with Crippen LogP contribution >= 0.6 is 23.4 Å². The first-order valence-corrected chi connectivity index (χ1v) is 11.1. The van der Waals surface area contributed by atoms with Crippen molar-refractivity contribution in [1.82, 2.24) is 29.6 Å². The first-order chi connectivity index (χ1) is 15.6. The summed E-state index contributed by atoms with van der Waals surface area (Å²) in [5.41, 5.74) is 1.65. The third kappa shape index (κ3) is 4.79. The summed E-state index contributed by atoms with van der Waals surface area (Å²) < 4.78 is 9.18. The first-order valence-electron chi connectivity index (χ1n) is 9.75. The summed E-state index contributed by atoms with van der Waals surface area (Å²) in [5.74, 6) is 1.36. The molecule has 1 atom stereocenters. The average Bonchev–Trinajstić information content (AvgIpc) is 3.45. The second kappa shape index (κ2) is 9.88. The minimum atomic E-state index is -0.468. The fourth-order valence-corrected chi connectivity index (χ4v) is 4.22. The van der Waals surface area contributed by atoms with Crippen LogP contribution in [0.15, 0.2) is 72.4 Å². The number of hydrogen-bond acceptors (Lipinski definition) is 6. The average molecular weight is 469 g/mol. The minimum absolute atomic E-state index is 0.148. The molecule has 0 saturated heterocycles. The molecule has 2 aromatic heterocycles. The first kappa shape index (κ1) is 21.9. The molecule has 10 heteroatoms. The van der Waals surface area contributed by atoms with Gasteiger partial charge in [-0.15, -0.1) is 10.2 Å². The summed E-state index contributed by atoms with van der Waals surface area (Å²) in [6.45, 7) is 0. The number of hydrogen-bond donors (Lipinski definition) is 1. The molecule has 2 heterocycles. The lowest BCUT2D eigenvalue weighted by Gasteiger charge is -2.21. The molecule has 0 fully saturated rings. The van der Waals surface area contributed by atoms with Gasteiger partial charge in [-0.1, -0.05) is 47.6 Å². The largest absolute Gasteiger partial charge is 0.496 e. The molecule has 1 amide bonds. The van der Waals surface area contributed by atoms with Crippen molar-refractivity contribution in [1.29, 1.82) is 0 Å². The van der Waals surface area contributed by atoms with E-state index in [0.29, 0.717) is 21.8 Å². The molecule has 32 heavy (non-hydrogen) atoms. The molecule has 1 unspecified atom stereocenters. The molecule has 164 valence electrons. The van der Waals surface area contributed by atoms with Crippen LogP contribution < -0.4 is 10.1 Å². The van der Waals surface area contributed by atoms with E-state index in [1.165, 1.54) is 11.8 Å². The van der Waals surface area contributed by atoms with Gasteiger partial charge >= 0.3 is 0 Å². The van der Waals surface area contributed by atoms with E-state index in [1.54, 1.807) is 30.3 Å². The molecule has 0 radical (unpaired) electrons. The molecule has 0 aliphatic carbocycles. The quantitative estimate of drug-likeness (QED) is 0.397. The molecule has 2 aromatic carbocycles. The number of imidazole rings is 1. The maximum absolute atomic E-state index is 12.9. The van der Waals surface area contributed by atoms with Crippen molar-refractivity contribution in [2.75, 3.05) is 12.9 Å². The third-order valence-electron chi connectivity index (χ3n) is 4.81. The Bertz CT molecular complexity index is 1220. The molecule has 4 aromatic rings. The van der Waals surface area contributed by atoms with Crippen molar-refractivity contribution in [3.05, 3.63) is 83.7 Å². The topological polar surface area (TPSA) is 86.9 Å². The highest BCUT2D eigenvalue weighted by Crippen LogP contribution is 2.29. The van der Waals surface area contributed by atoms with Crippen LogP contribution in [0.2, 0.25) is 5.02 Å². The van der Waals surface area contributed by atoms with E-state index in [9.17, 15) is 4.79 Å². The molecule has 1 N–H and O–H groups in total. The molecule has 0 saturated carbocycles. The van der Waals surface area contributed by atoms with Gasteiger partial charge in [-0.05, 0) is 24.3 Å². The Hall–Kier alpha value is -3.30. The van der Waals surface area contributed by atoms with Gasteiger partial charge in [0.25, 0.3) is 0 Å². The number of nitrogens with one attached hydrogen (secondary N) is 1. The van der Waals surface area contributed by atoms with Crippen LogP contribution in [0.1, 0.15) is 17.4 Å². The van der Waals surface area contributed by atoms with Crippen LogP contribution in [0.3, 0.4) is 0 Å². The number of thioether (sulfide) groups is 1. The zero-order valence-electron chi connectivity index (χ0n) is 17.5. The monoisotopic (exact) mass is 468 g/mol. The summed E-state index contributed by atoms with van der Waals surface area (Å²) in [4.78, 5) is 17.4. The van der Waals surface area contributed by atoms with Gasteiger partial charge in [-0.3, -0.25) is 9.36 Å². The van der Waals surface area contributed by atoms with Crippen molar-refractivity contribution in [3.63, 3.8) is 0 Å². The van der Waals surface area contributed by atoms with Gasteiger partial charge < -0.3 is 14.6 Å². The molecule has 0 aliphatic heterocycles. The molecular formula is C22H21ClN6O2S. The van der Waals surface area contributed by atoms with Crippen LogP contribution in [0.4, 0.5) is 0 Å². The number of amides is 1. The van der Waals surface area contributed by atoms with Crippen molar-refractivity contribution >= 4 is 29.3 Å². The van der Waals surface area contributed by atoms with Crippen molar-refractivity contribution in [2.24, 2.45) is 7.05 Å². The van der Waals surface area contributed by atoms with E-state index < -0.39 is 6.04 Å². The molecule has 0 spiro atoms. The smallest absolute Gasteiger partial charge is 0.231 e. The number of carbonyl (C=O) groups is 1. The summed E-state index contributed by atoms with van der Waals surface area (Å²) in [7, 11) is 3.49. The van der Waals surface area contributed by atoms with E-state index >= 15 is 0 Å². The molecule has 0 aliphatic rings. The number of aryl methyl sites for hydroxylation is 1. The Balaban J connectivity index is 1.52. The number of rotatable bonds is 8. The predicted octanol–water partition coefficient (Wildman–Crippen LogP) is 3.66. The summed E-state index contributed by atoms with van der Waals surface area (Å²) in [5, 5.41) is 12.4. The second-order valence-electron chi connectivity index (χ2n) is 6.89. The van der Waals surface area contributed by atoms with Crippen LogP contribution in [-0.4, -0.2) is 43.1 Å². The Kier molecular flexibility index (Phi) is 6.77. The van der Waals surface area contributed by atoms with Crippen molar-refractivity contribution < 1.29 is 9.53 Å². The fourth-order valence-electron chi connectivity index (χ4n) is 3.30. The number of benzene rings is 2. The number of para-hydroxylation sites is 1. The lowest BCUT2D eigenvalue weighted by atomic mass is 10.0. The molecular weight excluding hydrogens is 448 g/mol. The number of aromatic nitrogens is 5. The summed E-state index contributed by atoms with van der Waals surface area (Å²) >= 11 is 7.39. The Morgan fingerprint density at radius 3 is 2.84 bits per heavy atom. The van der Waals surface area contributed by atoms with E-state index in [-0.39, 0.29) is 11.7 Å². The fraction of sp³-hybridized carbons (Fsp3) is 0.182.